The van der Waals surface area contributed by atoms with Crippen LogP contribution in [0.25, 0.3) is 0 Å². The summed E-state index contributed by atoms with van der Waals surface area (Å²) in [5.74, 6) is 3.80. The van der Waals surface area contributed by atoms with E-state index in [2.05, 4.69) is 26.8 Å². The monoisotopic (exact) mass is 288 g/mol. The SMILES string of the molecule is CCC1(C)CC(=O)CCC1C1=CCC2CCCCC2C1C. The van der Waals surface area contributed by atoms with Gasteiger partial charge in [0.25, 0.3) is 0 Å². The van der Waals surface area contributed by atoms with Gasteiger partial charge in [0.1, 0.15) is 5.78 Å². The van der Waals surface area contributed by atoms with Gasteiger partial charge >= 0.3 is 0 Å². The van der Waals surface area contributed by atoms with Crippen molar-refractivity contribution in [1.82, 2.24) is 0 Å². The van der Waals surface area contributed by atoms with Gasteiger partial charge in [0.15, 0.2) is 0 Å². The third-order valence-electron chi connectivity index (χ3n) is 7.16. The second-order valence-corrected chi connectivity index (χ2v) is 8.25. The van der Waals surface area contributed by atoms with E-state index >= 15 is 0 Å². The predicted molar refractivity (Wildman–Crippen MR) is 88.1 cm³/mol. The largest absolute Gasteiger partial charge is 0.300 e. The molecule has 0 aromatic carbocycles. The number of carbonyl (C=O) groups is 1. The fourth-order valence-electron chi connectivity index (χ4n) is 5.62. The topological polar surface area (TPSA) is 17.1 Å². The summed E-state index contributed by atoms with van der Waals surface area (Å²) in [6.07, 6.45) is 13.6. The minimum absolute atomic E-state index is 0.219. The summed E-state index contributed by atoms with van der Waals surface area (Å²) in [5, 5.41) is 0. The lowest BCUT2D eigenvalue weighted by Crippen LogP contribution is -2.40. The summed E-state index contributed by atoms with van der Waals surface area (Å²) in [6, 6.07) is 0. The second-order valence-electron chi connectivity index (χ2n) is 8.25. The molecule has 2 saturated carbocycles. The number of Topliss-reactive ketones (excluding diaryl/α,β-unsaturated/α-hetero) is 1. The standard InChI is InChI=1S/C20H32O/c1-4-20(3)13-16(21)10-12-19(20)18-11-9-15-7-5-6-8-17(15)14(18)2/h11,14-15,17,19H,4-10,12-13H2,1-3H3. The first kappa shape index (κ1) is 15.3. The molecule has 0 aromatic heterocycles. The van der Waals surface area contributed by atoms with E-state index in [1.165, 1.54) is 32.1 Å². The molecular formula is C20H32O. The Labute approximate surface area is 130 Å². The van der Waals surface area contributed by atoms with Gasteiger partial charge in [0.05, 0.1) is 0 Å². The predicted octanol–water partition coefficient (Wildman–Crippen LogP) is 5.54. The number of hydrogen-bond acceptors (Lipinski definition) is 1. The first-order valence-electron chi connectivity index (χ1n) is 9.27. The van der Waals surface area contributed by atoms with E-state index < -0.39 is 0 Å². The molecule has 0 aliphatic heterocycles. The first-order chi connectivity index (χ1) is 10.0. The molecule has 0 bridgehead atoms. The fraction of sp³-hybridized carbons (Fsp3) is 0.850. The quantitative estimate of drug-likeness (QED) is 0.609. The van der Waals surface area contributed by atoms with Crippen LogP contribution in [-0.2, 0) is 4.79 Å². The van der Waals surface area contributed by atoms with E-state index in [0.29, 0.717) is 11.7 Å². The van der Waals surface area contributed by atoms with Crippen LogP contribution in [-0.4, -0.2) is 5.78 Å². The van der Waals surface area contributed by atoms with E-state index in [1.54, 1.807) is 5.57 Å². The Morgan fingerprint density at radius 2 is 2.00 bits per heavy atom. The smallest absolute Gasteiger partial charge is 0.133 e. The molecule has 5 atom stereocenters. The van der Waals surface area contributed by atoms with Gasteiger partial charge in [-0.25, -0.2) is 0 Å². The van der Waals surface area contributed by atoms with Crippen LogP contribution in [0, 0.1) is 29.1 Å². The minimum atomic E-state index is 0.219. The van der Waals surface area contributed by atoms with Crippen molar-refractivity contribution in [2.24, 2.45) is 29.1 Å². The van der Waals surface area contributed by atoms with Crippen molar-refractivity contribution in [2.45, 2.75) is 78.6 Å². The molecule has 3 rings (SSSR count). The average Bonchev–Trinajstić information content (AvgIpc) is 2.49. The number of allylic oxidation sites excluding steroid dienone is 2. The Bertz CT molecular complexity index is 435. The van der Waals surface area contributed by atoms with Crippen molar-refractivity contribution in [1.29, 1.82) is 0 Å². The van der Waals surface area contributed by atoms with Gasteiger partial charge in [-0.1, -0.05) is 45.3 Å². The maximum absolute atomic E-state index is 12.0. The molecular weight excluding hydrogens is 256 g/mol. The summed E-state index contributed by atoms with van der Waals surface area (Å²) in [5.41, 5.74) is 1.95. The molecule has 1 nitrogen and oxygen atoms in total. The van der Waals surface area contributed by atoms with Crippen LogP contribution in [0.1, 0.15) is 78.6 Å². The molecule has 0 radical (unpaired) electrons. The van der Waals surface area contributed by atoms with Crippen LogP contribution < -0.4 is 0 Å². The summed E-state index contributed by atoms with van der Waals surface area (Å²) < 4.78 is 0. The summed E-state index contributed by atoms with van der Waals surface area (Å²) in [4.78, 5) is 12.0. The summed E-state index contributed by atoms with van der Waals surface area (Å²) in [6.45, 7) is 7.14. The summed E-state index contributed by atoms with van der Waals surface area (Å²) in [7, 11) is 0. The van der Waals surface area contributed by atoms with Crippen molar-refractivity contribution in [2.75, 3.05) is 0 Å². The van der Waals surface area contributed by atoms with Crippen molar-refractivity contribution in [3.05, 3.63) is 11.6 Å². The number of rotatable bonds is 2. The van der Waals surface area contributed by atoms with E-state index in [4.69, 9.17) is 0 Å². The maximum Gasteiger partial charge on any atom is 0.133 e. The fourth-order valence-corrected chi connectivity index (χ4v) is 5.62. The van der Waals surface area contributed by atoms with Gasteiger partial charge in [-0.15, -0.1) is 0 Å². The van der Waals surface area contributed by atoms with Crippen molar-refractivity contribution in [3.63, 3.8) is 0 Å². The Morgan fingerprint density at radius 1 is 1.24 bits per heavy atom. The molecule has 3 aliphatic carbocycles. The van der Waals surface area contributed by atoms with E-state index in [1.807, 2.05) is 0 Å². The third kappa shape index (κ3) is 2.73. The molecule has 3 aliphatic rings. The van der Waals surface area contributed by atoms with Crippen LogP contribution >= 0.6 is 0 Å². The highest BCUT2D eigenvalue weighted by Gasteiger charge is 2.44. The highest BCUT2D eigenvalue weighted by atomic mass is 16.1. The van der Waals surface area contributed by atoms with Gasteiger partial charge in [0.2, 0.25) is 0 Å². The normalized spacial score (nSPS) is 44.1. The van der Waals surface area contributed by atoms with Crippen molar-refractivity contribution < 1.29 is 4.79 Å². The molecule has 0 N–H and O–H groups in total. The van der Waals surface area contributed by atoms with E-state index in [-0.39, 0.29) is 5.41 Å². The molecule has 0 heterocycles. The molecule has 2 fully saturated rings. The molecule has 0 saturated heterocycles. The maximum atomic E-state index is 12.0. The molecule has 1 heteroatoms. The average molecular weight is 288 g/mol. The van der Waals surface area contributed by atoms with E-state index in [9.17, 15) is 4.79 Å². The van der Waals surface area contributed by atoms with E-state index in [0.717, 1.165) is 43.4 Å². The zero-order valence-corrected chi connectivity index (χ0v) is 14.2. The lowest BCUT2D eigenvalue weighted by molar-refractivity contribution is -0.125. The van der Waals surface area contributed by atoms with Crippen molar-refractivity contribution in [3.8, 4) is 0 Å². The lowest BCUT2D eigenvalue weighted by atomic mass is 9.56. The van der Waals surface area contributed by atoms with Crippen molar-refractivity contribution >= 4 is 5.78 Å². The highest BCUT2D eigenvalue weighted by Crippen LogP contribution is 2.53. The molecule has 0 aromatic rings. The molecule has 21 heavy (non-hydrogen) atoms. The Kier molecular flexibility index (Phi) is 4.30. The van der Waals surface area contributed by atoms with Gasteiger partial charge in [-0.2, -0.15) is 0 Å². The number of ketones is 1. The number of carbonyl (C=O) groups excluding carboxylic acids is 1. The lowest BCUT2D eigenvalue weighted by Gasteiger charge is -2.48. The zero-order valence-electron chi connectivity index (χ0n) is 14.2. The second kappa shape index (κ2) is 5.89. The van der Waals surface area contributed by atoms with Crippen LogP contribution in [0.2, 0.25) is 0 Å². The molecule has 5 unspecified atom stereocenters. The Balaban J connectivity index is 1.84. The molecule has 0 amide bonds. The van der Waals surface area contributed by atoms with Gasteiger partial charge in [-0.05, 0) is 61.2 Å². The minimum Gasteiger partial charge on any atom is -0.300 e. The van der Waals surface area contributed by atoms with Crippen LogP contribution in [0.15, 0.2) is 11.6 Å². The van der Waals surface area contributed by atoms with Crippen LogP contribution in [0.3, 0.4) is 0 Å². The number of fused-ring (bicyclic) bond motifs is 1. The highest BCUT2D eigenvalue weighted by molar-refractivity contribution is 5.80. The van der Waals surface area contributed by atoms with Gasteiger partial charge in [-0.3, -0.25) is 4.79 Å². The number of hydrogen-bond donors (Lipinski definition) is 0. The third-order valence-corrected chi connectivity index (χ3v) is 7.16. The zero-order chi connectivity index (χ0) is 15.0. The van der Waals surface area contributed by atoms with Crippen LogP contribution in [0.5, 0.6) is 0 Å². The van der Waals surface area contributed by atoms with Crippen LogP contribution in [0.4, 0.5) is 0 Å². The van der Waals surface area contributed by atoms with Gasteiger partial charge < -0.3 is 0 Å². The Hall–Kier alpha value is -0.590. The molecule has 0 spiro atoms. The van der Waals surface area contributed by atoms with Gasteiger partial charge in [0, 0.05) is 12.8 Å². The Morgan fingerprint density at radius 3 is 2.76 bits per heavy atom. The summed E-state index contributed by atoms with van der Waals surface area (Å²) >= 11 is 0. The first-order valence-corrected chi connectivity index (χ1v) is 9.27. The molecule has 118 valence electrons.